The molecule has 2 rings (SSSR count). The van der Waals surface area contributed by atoms with E-state index in [0.717, 1.165) is 9.87 Å². The van der Waals surface area contributed by atoms with Gasteiger partial charge in [0.15, 0.2) is 0 Å². The summed E-state index contributed by atoms with van der Waals surface area (Å²) in [5.41, 5.74) is 6.55. The largest absolute Gasteiger partial charge is 0.337 e. The Morgan fingerprint density at radius 3 is 2.50 bits per heavy atom. The second kappa shape index (κ2) is 9.42. The lowest BCUT2D eigenvalue weighted by Crippen LogP contribution is -2.41. The first kappa shape index (κ1) is 20.0. The van der Waals surface area contributed by atoms with E-state index in [2.05, 4.69) is 4.98 Å². The molecule has 1 heterocycles. The van der Waals surface area contributed by atoms with Crippen molar-refractivity contribution in [3.63, 3.8) is 0 Å². The SMILES string of the molecule is CN(CC(=O)N(CCCN)Cc1ccccc1)S(=O)(=O)c1cccnc1. The van der Waals surface area contributed by atoms with Crippen LogP contribution in [0, 0.1) is 0 Å². The highest BCUT2D eigenvalue weighted by atomic mass is 32.2. The van der Waals surface area contributed by atoms with E-state index in [0.29, 0.717) is 26.1 Å². The Bertz CT molecular complexity index is 798. The molecule has 1 aromatic heterocycles. The molecular weight excluding hydrogens is 352 g/mol. The van der Waals surface area contributed by atoms with Gasteiger partial charge in [-0.2, -0.15) is 4.31 Å². The van der Waals surface area contributed by atoms with Crippen molar-refractivity contribution in [1.29, 1.82) is 0 Å². The zero-order valence-electron chi connectivity index (χ0n) is 14.8. The van der Waals surface area contributed by atoms with E-state index >= 15 is 0 Å². The number of carbonyl (C=O) groups excluding carboxylic acids is 1. The summed E-state index contributed by atoms with van der Waals surface area (Å²) in [7, 11) is -2.37. The molecule has 0 aliphatic carbocycles. The van der Waals surface area contributed by atoms with Crippen molar-refractivity contribution in [3.8, 4) is 0 Å². The van der Waals surface area contributed by atoms with Gasteiger partial charge in [-0.3, -0.25) is 9.78 Å². The van der Waals surface area contributed by atoms with E-state index in [4.69, 9.17) is 5.73 Å². The van der Waals surface area contributed by atoms with E-state index < -0.39 is 10.0 Å². The third-order valence-electron chi connectivity index (χ3n) is 3.90. The lowest BCUT2D eigenvalue weighted by molar-refractivity contribution is -0.131. The number of rotatable bonds is 9. The molecule has 2 aromatic rings. The van der Waals surface area contributed by atoms with Crippen molar-refractivity contribution in [2.45, 2.75) is 17.9 Å². The third kappa shape index (κ3) is 5.35. The number of sulfonamides is 1. The minimum absolute atomic E-state index is 0.0619. The zero-order valence-corrected chi connectivity index (χ0v) is 15.6. The van der Waals surface area contributed by atoms with Gasteiger partial charge in [0.05, 0.1) is 6.54 Å². The highest BCUT2D eigenvalue weighted by Gasteiger charge is 2.25. The topological polar surface area (TPSA) is 96.6 Å². The van der Waals surface area contributed by atoms with Crippen LogP contribution in [0.3, 0.4) is 0 Å². The average molecular weight is 376 g/mol. The van der Waals surface area contributed by atoms with Gasteiger partial charge in [0.2, 0.25) is 15.9 Å². The number of nitrogens with zero attached hydrogens (tertiary/aromatic N) is 3. The molecule has 7 nitrogen and oxygen atoms in total. The Labute approximate surface area is 154 Å². The van der Waals surface area contributed by atoms with Gasteiger partial charge in [0.1, 0.15) is 4.90 Å². The first-order valence-corrected chi connectivity index (χ1v) is 9.77. The number of hydrogen-bond acceptors (Lipinski definition) is 5. The van der Waals surface area contributed by atoms with Crippen LogP contribution in [0.15, 0.2) is 59.8 Å². The van der Waals surface area contributed by atoms with E-state index in [9.17, 15) is 13.2 Å². The molecule has 8 heteroatoms. The van der Waals surface area contributed by atoms with Gasteiger partial charge in [-0.05, 0) is 30.7 Å². The highest BCUT2D eigenvalue weighted by molar-refractivity contribution is 7.89. The Balaban J connectivity index is 2.10. The normalized spacial score (nSPS) is 11.5. The van der Waals surface area contributed by atoms with Crippen LogP contribution in [0.25, 0.3) is 0 Å². The second-order valence-electron chi connectivity index (χ2n) is 5.89. The van der Waals surface area contributed by atoms with Crippen molar-refractivity contribution in [3.05, 3.63) is 60.4 Å². The molecule has 0 aliphatic rings. The molecule has 0 aliphatic heterocycles. The van der Waals surface area contributed by atoms with Crippen molar-refractivity contribution >= 4 is 15.9 Å². The Hall–Kier alpha value is -2.29. The number of benzene rings is 1. The Morgan fingerprint density at radius 1 is 1.15 bits per heavy atom. The van der Waals surface area contributed by atoms with Gasteiger partial charge in [0.25, 0.3) is 0 Å². The zero-order chi connectivity index (χ0) is 19.0. The van der Waals surface area contributed by atoms with Crippen molar-refractivity contribution in [1.82, 2.24) is 14.2 Å². The second-order valence-corrected chi connectivity index (χ2v) is 7.94. The molecule has 0 saturated heterocycles. The van der Waals surface area contributed by atoms with Crippen LogP contribution in [0.4, 0.5) is 0 Å². The fourth-order valence-electron chi connectivity index (χ4n) is 2.43. The molecule has 26 heavy (non-hydrogen) atoms. The molecule has 0 bridgehead atoms. The third-order valence-corrected chi connectivity index (χ3v) is 5.69. The summed E-state index contributed by atoms with van der Waals surface area (Å²) in [6.45, 7) is 1.11. The molecule has 0 fully saturated rings. The van der Waals surface area contributed by atoms with Crippen LogP contribution in [-0.2, 0) is 21.4 Å². The summed E-state index contributed by atoms with van der Waals surface area (Å²) >= 11 is 0. The summed E-state index contributed by atoms with van der Waals surface area (Å²) in [4.78, 5) is 18.2. The van der Waals surface area contributed by atoms with E-state index in [1.807, 2.05) is 30.3 Å². The highest BCUT2D eigenvalue weighted by Crippen LogP contribution is 2.13. The average Bonchev–Trinajstić information content (AvgIpc) is 2.66. The molecule has 0 saturated carbocycles. The van der Waals surface area contributed by atoms with E-state index in [-0.39, 0.29) is 17.3 Å². The molecule has 140 valence electrons. The predicted octanol–water partition coefficient (Wildman–Crippen LogP) is 1.08. The maximum absolute atomic E-state index is 12.7. The predicted molar refractivity (Wildman–Crippen MR) is 99.6 cm³/mol. The molecule has 0 radical (unpaired) electrons. The Kier molecular flexibility index (Phi) is 7.26. The van der Waals surface area contributed by atoms with Gasteiger partial charge >= 0.3 is 0 Å². The van der Waals surface area contributed by atoms with Crippen molar-refractivity contribution < 1.29 is 13.2 Å². The van der Waals surface area contributed by atoms with E-state index in [1.54, 1.807) is 11.0 Å². The summed E-state index contributed by atoms with van der Waals surface area (Å²) in [5, 5.41) is 0. The minimum Gasteiger partial charge on any atom is -0.337 e. The fourth-order valence-corrected chi connectivity index (χ4v) is 3.52. The van der Waals surface area contributed by atoms with Gasteiger partial charge < -0.3 is 10.6 Å². The monoisotopic (exact) mass is 376 g/mol. The minimum atomic E-state index is -3.76. The maximum atomic E-state index is 12.7. The molecule has 0 atom stereocenters. The molecule has 0 unspecified atom stereocenters. The number of hydrogen-bond donors (Lipinski definition) is 1. The number of aromatic nitrogens is 1. The van der Waals surface area contributed by atoms with Crippen LogP contribution in [0.2, 0.25) is 0 Å². The van der Waals surface area contributed by atoms with Crippen LogP contribution in [-0.4, -0.2) is 55.2 Å². The lowest BCUT2D eigenvalue weighted by atomic mass is 10.2. The summed E-state index contributed by atoms with van der Waals surface area (Å²) in [5.74, 6) is -0.266. The lowest BCUT2D eigenvalue weighted by Gasteiger charge is -2.25. The van der Waals surface area contributed by atoms with Gasteiger partial charge in [-0.1, -0.05) is 30.3 Å². The molecular formula is C18H24N4O3S. The van der Waals surface area contributed by atoms with Gasteiger partial charge in [-0.15, -0.1) is 0 Å². The molecule has 0 spiro atoms. The van der Waals surface area contributed by atoms with Crippen LogP contribution in [0.1, 0.15) is 12.0 Å². The van der Waals surface area contributed by atoms with E-state index in [1.165, 1.54) is 25.5 Å². The first-order chi connectivity index (χ1) is 12.4. The standard InChI is InChI=1S/C18H24N4O3S/c1-21(26(24,25)17-9-5-11-20-13-17)15-18(23)22(12-6-10-19)14-16-7-3-2-4-8-16/h2-5,7-9,11,13H,6,10,12,14-15,19H2,1H3. The van der Waals surface area contributed by atoms with Gasteiger partial charge in [-0.25, -0.2) is 8.42 Å². The smallest absolute Gasteiger partial charge is 0.244 e. The first-order valence-electron chi connectivity index (χ1n) is 8.33. The van der Waals surface area contributed by atoms with Crippen molar-refractivity contribution in [2.24, 2.45) is 5.73 Å². The maximum Gasteiger partial charge on any atom is 0.244 e. The number of nitrogens with two attached hydrogens (primary N) is 1. The van der Waals surface area contributed by atoms with Gasteiger partial charge in [0, 0.05) is 32.5 Å². The van der Waals surface area contributed by atoms with Crippen molar-refractivity contribution in [2.75, 3.05) is 26.7 Å². The fraction of sp³-hybridized carbons (Fsp3) is 0.333. The van der Waals surface area contributed by atoms with Crippen LogP contribution < -0.4 is 5.73 Å². The number of carbonyl (C=O) groups is 1. The summed E-state index contributed by atoms with van der Waals surface area (Å²) in [6, 6.07) is 12.6. The molecule has 1 amide bonds. The van der Waals surface area contributed by atoms with Crippen LogP contribution >= 0.6 is 0 Å². The summed E-state index contributed by atoms with van der Waals surface area (Å²) in [6.07, 6.45) is 3.42. The molecule has 2 N–H and O–H groups in total. The van der Waals surface area contributed by atoms with Crippen LogP contribution in [0.5, 0.6) is 0 Å². The number of likely N-dealkylation sites (N-methyl/N-ethyl adjacent to an activating group) is 1. The Morgan fingerprint density at radius 2 is 1.88 bits per heavy atom. The number of amides is 1. The quantitative estimate of drug-likeness (QED) is 0.706. The number of pyridine rings is 1. The molecule has 1 aromatic carbocycles. The summed E-state index contributed by atoms with van der Waals surface area (Å²) < 4.78 is 26.2.